The van der Waals surface area contributed by atoms with E-state index in [1.54, 1.807) is 34.9 Å². The number of piperazine rings is 1. The summed E-state index contributed by atoms with van der Waals surface area (Å²) in [7, 11) is 0. The highest BCUT2D eigenvalue weighted by Gasteiger charge is 2.27. The standard InChI is InChI=1S/C19H18N2O5S/c1-2-25-19(24)21-9-7-20(8-10-21)17(22)15-11-13-16(27-15)12-5-3-4-6-14(12)26-18(13)23/h3-6,11H,2,7-10H2,1H3. The molecule has 3 aromatic rings. The molecular formula is C19H18N2O5S. The van der Waals surface area contributed by atoms with Crippen molar-refractivity contribution in [2.24, 2.45) is 0 Å². The molecular weight excluding hydrogens is 368 g/mol. The Labute approximate surface area is 158 Å². The van der Waals surface area contributed by atoms with E-state index in [1.165, 1.54) is 11.3 Å². The average Bonchev–Trinajstić information content (AvgIpc) is 3.14. The third kappa shape index (κ3) is 3.16. The molecule has 0 radical (unpaired) electrons. The Balaban J connectivity index is 1.59. The van der Waals surface area contributed by atoms with Crippen molar-refractivity contribution >= 4 is 44.4 Å². The zero-order valence-corrected chi connectivity index (χ0v) is 15.6. The van der Waals surface area contributed by atoms with Crippen molar-refractivity contribution in [1.82, 2.24) is 9.80 Å². The topological polar surface area (TPSA) is 80.1 Å². The molecule has 0 bridgehead atoms. The molecule has 2 aromatic heterocycles. The van der Waals surface area contributed by atoms with Crippen LogP contribution in [0.5, 0.6) is 0 Å². The summed E-state index contributed by atoms with van der Waals surface area (Å²) >= 11 is 1.30. The minimum atomic E-state index is -0.439. The Hall–Kier alpha value is -2.87. The lowest BCUT2D eigenvalue weighted by atomic mass is 10.2. The summed E-state index contributed by atoms with van der Waals surface area (Å²) in [6.07, 6.45) is -0.351. The molecule has 0 spiro atoms. The molecule has 4 rings (SSSR count). The monoisotopic (exact) mass is 386 g/mol. The van der Waals surface area contributed by atoms with Crippen LogP contribution in [0.1, 0.15) is 16.6 Å². The molecule has 0 aliphatic carbocycles. The lowest BCUT2D eigenvalue weighted by Crippen LogP contribution is -2.50. The summed E-state index contributed by atoms with van der Waals surface area (Å²) in [4.78, 5) is 40.7. The number of nitrogens with zero attached hydrogens (tertiary/aromatic N) is 2. The number of hydrogen-bond acceptors (Lipinski definition) is 6. The Bertz CT molecular complexity index is 1080. The number of thiophene rings is 1. The van der Waals surface area contributed by atoms with Crippen molar-refractivity contribution in [1.29, 1.82) is 0 Å². The number of rotatable bonds is 2. The summed E-state index contributed by atoms with van der Waals surface area (Å²) in [5, 5.41) is 1.25. The van der Waals surface area contributed by atoms with Crippen LogP contribution in [0.15, 0.2) is 39.5 Å². The van der Waals surface area contributed by atoms with Gasteiger partial charge >= 0.3 is 11.7 Å². The zero-order valence-electron chi connectivity index (χ0n) is 14.8. The van der Waals surface area contributed by atoms with Crippen molar-refractivity contribution in [3.05, 3.63) is 45.6 Å². The van der Waals surface area contributed by atoms with E-state index in [1.807, 2.05) is 12.1 Å². The number of carbonyl (C=O) groups is 2. The molecule has 1 aromatic carbocycles. The first-order valence-corrected chi connectivity index (χ1v) is 9.56. The van der Waals surface area contributed by atoms with E-state index in [0.29, 0.717) is 48.6 Å². The van der Waals surface area contributed by atoms with Gasteiger partial charge < -0.3 is 19.0 Å². The molecule has 8 heteroatoms. The molecule has 7 nitrogen and oxygen atoms in total. The number of hydrogen-bond donors (Lipinski definition) is 0. The fourth-order valence-electron chi connectivity index (χ4n) is 3.21. The molecule has 0 unspecified atom stereocenters. The smallest absolute Gasteiger partial charge is 0.409 e. The normalized spacial score (nSPS) is 14.7. The first-order chi connectivity index (χ1) is 13.1. The van der Waals surface area contributed by atoms with Gasteiger partial charge in [-0.25, -0.2) is 9.59 Å². The Morgan fingerprint density at radius 2 is 1.81 bits per heavy atom. The summed E-state index contributed by atoms with van der Waals surface area (Å²) < 4.78 is 11.1. The van der Waals surface area contributed by atoms with Crippen molar-refractivity contribution in [2.75, 3.05) is 32.8 Å². The van der Waals surface area contributed by atoms with Crippen molar-refractivity contribution in [3.8, 4) is 0 Å². The van der Waals surface area contributed by atoms with Gasteiger partial charge in [0, 0.05) is 31.6 Å². The second-order valence-electron chi connectivity index (χ2n) is 6.22. The lowest BCUT2D eigenvalue weighted by molar-refractivity contribution is 0.0574. The number of carbonyl (C=O) groups excluding carboxylic acids is 2. The Kier molecular flexibility index (Phi) is 4.57. The van der Waals surface area contributed by atoms with Crippen molar-refractivity contribution < 1.29 is 18.7 Å². The number of para-hydroxylation sites is 1. The van der Waals surface area contributed by atoms with Gasteiger partial charge in [0.1, 0.15) is 5.58 Å². The quantitative estimate of drug-likeness (QED) is 0.633. The van der Waals surface area contributed by atoms with Crippen molar-refractivity contribution in [3.63, 3.8) is 0 Å². The third-order valence-electron chi connectivity index (χ3n) is 4.59. The Morgan fingerprint density at radius 1 is 1.11 bits per heavy atom. The van der Waals surface area contributed by atoms with Crippen molar-refractivity contribution in [2.45, 2.75) is 6.92 Å². The summed E-state index contributed by atoms with van der Waals surface area (Å²) in [5.74, 6) is -0.136. The van der Waals surface area contributed by atoms with Gasteiger partial charge in [0.2, 0.25) is 0 Å². The molecule has 1 aliphatic heterocycles. The van der Waals surface area contributed by atoms with Gasteiger partial charge in [-0.3, -0.25) is 4.79 Å². The van der Waals surface area contributed by atoms with Crippen LogP contribution in [-0.4, -0.2) is 54.6 Å². The predicted molar refractivity (Wildman–Crippen MR) is 102 cm³/mol. The average molecular weight is 386 g/mol. The molecule has 0 N–H and O–H groups in total. The molecule has 1 aliphatic rings. The zero-order chi connectivity index (χ0) is 19.0. The third-order valence-corrected chi connectivity index (χ3v) is 5.75. The molecule has 3 heterocycles. The highest BCUT2D eigenvalue weighted by Crippen LogP contribution is 2.31. The van der Waals surface area contributed by atoms with E-state index in [-0.39, 0.29) is 12.0 Å². The minimum Gasteiger partial charge on any atom is -0.450 e. The van der Waals surface area contributed by atoms with Crippen LogP contribution in [0.2, 0.25) is 0 Å². The van der Waals surface area contributed by atoms with Gasteiger partial charge in [-0.1, -0.05) is 12.1 Å². The molecule has 27 heavy (non-hydrogen) atoms. The van der Waals surface area contributed by atoms with E-state index in [9.17, 15) is 14.4 Å². The molecule has 1 saturated heterocycles. The highest BCUT2D eigenvalue weighted by molar-refractivity contribution is 7.21. The maximum Gasteiger partial charge on any atom is 0.409 e. The van der Waals surface area contributed by atoms with Crippen LogP contribution in [0.25, 0.3) is 21.1 Å². The second kappa shape index (κ2) is 7.03. The highest BCUT2D eigenvalue weighted by atomic mass is 32.1. The lowest BCUT2D eigenvalue weighted by Gasteiger charge is -2.33. The number of amides is 2. The van der Waals surface area contributed by atoms with Gasteiger partial charge in [0.25, 0.3) is 5.91 Å². The number of ether oxygens (including phenoxy) is 1. The van der Waals surface area contributed by atoms with Gasteiger partial charge in [-0.2, -0.15) is 0 Å². The summed E-state index contributed by atoms with van der Waals surface area (Å²) in [6.45, 7) is 3.82. The van der Waals surface area contributed by atoms with E-state index in [0.717, 1.165) is 10.1 Å². The van der Waals surface area contributed by atoms with E-state index in [4.69, 9.17) is 9.15 Å². The fraction of sp³-hybridized carbons (Fsp3) is 0.316. The summed E-state index contributed by atoms with van der Waals surface area (Å²) in [5.41, 5.74) is 0.0741. The van der Waals surface area contributed by atoms with E-state index in [2.05, 4.69) is 0 Å². The molecule has 2 amide bonds. The summed E-state index contributed by atoms with van der Waals surface area (Å²) in [6, 6.07) is 8.91. The number of fused-ring (bicyclic) bond motifs is 3. The van der Waals surface area contributed by atoms with Gasteiger partial charge in [0.05, 0.1) is 21.6 Å². The van der Waals surface area contributed by atoms with Crippen LogP contribution in [-0.2, 0) is 4.74 Å². The SMILES string of the molecule is CCOC(=O)N1CCN(C(=O)c2cc3c(=O)oc4ccccc4c3s2)CC1. The molecule has 140 valence electrons. The molecule has 0 saturated carbocycles. The first-order valence-electron chi connectivity index (χ1n) is 8.75. The first kappa shape index (κ1) is 17.5. The van der Waals surface area contributed by atoms with Gasteiger partial charge in [-0.15, -0.1) is 11.3 Å². The maximum atomic E-state index is 12.9. The van der Waals surface area contributed by atoms with Crippen LogP contribution < -0.4 is 5.63 Å². The molecule has 0 atom stereocenters. The van der Waals surface area contributed by atoms with Gasteiger partial charge in [-0.05, 0) is 25.1 Å². The maximum absolute atomic E-state index is 12.9. The van der Waals surface area contributed by atoms with Crippen LogP contribution >= 0.6 is 11.3 Å². The predicted octanol–water partition coefficient (Wildman–Crippen LogP) is 2.92. The fourth-order valence-corrected chi connectivity index (χ4v) is 4.35. The van der Waals surface area contributed by atoms with Crippen LogP contribution in [0.4, 0.5) is 4.79 Å². The second-order valence-corrected chi connectivity index (χ2v) is 7.27. The number of benzene rings is 1. The van der Waals surface area contributed by atoms with Crippen LogP contribution in [0.3, 0.4) is 0 Å². The Morgan fingerprint density at radius 3 is 2.56 bits per heavy atom. The molecule has 1 fully saturated rings. The largest absolute Gasteiger partial charge is 0.450 e. The minimum absolute atomic E-state index is 0.136. The van der Waals surface area contributed by atoms with Crippen LogP contribution in [0, 0.1) is 0 Å². The van der Waals surface area contributed by atoms with E-state index >= 15 is 0 Å². The van der Waals surface area contributed by atoms with Gasteiger partial charge in [0.15, 0.2) is 0 Å². The van der Waals surface area contributed by atoms with E-state index < -0.39 is 5.63 Å².